The number of pyridine rings is 2. The molecule has 0 aliphatic heterocycles. The van der Waals surface area contributed by atoms with Crippen LogP contribution in [0.15, 0.2) is 47.3 Å². The molecule has 0 bridgehead atoms. The Morgan fingerprint density at radius 1 is 1.22 bits per heavy atom. The Labute approximate surface area is 166 Å². The molecular weight excluding hydrogens is 380 g/mol. The van der Waals surface area contributed by atoms with Gasteiger partial charge in [0.05, 0.1) is 22.5 Å². The number of aryl methyl sites for hydroxylation is 1. The molecule has 0 aliphatic carbocycles. The molecule has 0 saturated carbocycles. The summed E-state index contributed by atoms with van der Waals surface area (Å²) in [5, 5.41) is 1.74. The first kappa shape index (κ1) is 20.8. The van der Waals surface area contributed by atoms with Crippen LogP contribution in [-0.2, 0) is 0 Å². The lowest BCUT2D eigenvalue weighted by atomic mass is 10.2. The van der Waals surface area contributed by atoms with Gasteiger partial charge >= 0.3 is 0 Å². The molecule has 0 atom stereocenters. The maximum atomic E-state index is 11.3. The maximum Gasteiger partial charge on any atom is 0.172 e. The molecule has 0 spiro atoms. The van der Waals surface area contributed by atoms with Gasteiger partial charge in [0.2, 0.25) is 0 Å². The van der Waals surface area contributed by atoms with Gasteiger partial charge in [-0.25, -0.2) is 9.97 Å². The molecule has 8 heteroatoms. The van der Waals surface area contributed by atoms with E-state index in [0.717, 1.165) is 32.2 Å². The minimum Gasteiger partial charge on any atom is -0.462 e. The number of furan rings is 1. The van der Waals surface area contributed by atoms with Crippen molar-refractivity contribution in [2.24, 2.45) is 5.73 Å². The van der Waals surface area contributed by atoms with Crippen LogP contribution in [0.25, 0.3) is 32.1 Å². The summed E-state index contributed by atoms with van der Waals surface area (Å²) in [6.45, 7) is 1.94. The van der Waals surface area contributed by atoms with Gasteiger partial charge in [-0.05, 0) is 44.5 Å². The smallest absolute Gasteiger partial charge is 0.172 e. The van der Waals surface area contributed by atoms with E-state index in [1.54, 1.807) is 24.9 Å². The lowest BCUT2D eigenvalue weighted by Gasteiger charge is -2.00. The zero-order chi connectivity index (χ0) is 19.8. The van der Waals surface area contributed by atoms with Gasteiger partial charge in [0, 0.05) is 23.3 Å². The van der Waals surface area contributed by atoms with Gasteiger partial charge in [0.15, 0.2) is 11.9 Å². The first-order chi connectivity index (χ1) is 13.3. The number of hydrogen-bond donors (Lipinski definition) is 2. The first-order valence-corrected chi connectivity index (χ1v) is 9.71. The molecule has 0 unspecified atom stereocenters. The number of aromatic nitrogens is 3. The van der Waals surface area contributed by atoms with Gasteiger partial charge in [0.25, 0.3) is 0 Å². The Kier molecular flexibility index (Phi) is 7.66. The van der Waals surface area contributed by atoms with E-state index in [0.29, 0.717) is 17.6 Å². The van der Waals surface area contributed by atoms with E-state index in [4.69, 9.17) is 4.42 Å². The summed E-state index contributed by atoms with van der Waals surface area (Å²) >= 11 is 5.06. The highest BCUT2D eigenvalue weighted by Gasteiger charge is 2.16. The van der Waals surface area contributed by atoms with Crippen LogP contribution in [0.4, 0.5) is 0 Å². The number of thiol groups is 1. The molecular formula is C19H20N4O2S2. The summed E-state index contributed by atoms with van der Waals surface area (Å²) in [4.78, 5) is 25.4. The molecule has 0 aliphatic rings. The minimum absolute atomic E-state index is 0.304. The average Bonchev–Trinajstić information content (AvgIpc) is 3.37. The highest BCUT2D eigenvalue weighted by atomic mass is 32.1. The topological polar surface area (TPSA) is 94.9 Å². The summed E-state index contributed by atoms with van der Waals surface area (Å²) in [5.41, 5.74) is 7.88. The number of nitrogens with two attached hydrogens (primary N) is 1. The van der Waals surface area contributed by atoms with Gasteiger partial charge in [-0.15, -0.1) is 11.3 Å². The standard InChI is InChI=1S/C17H11N3O2S.CH5N.CH4S/c1-10-16(23-17(19-10)12-3-2-5-18-8-12)13-7-11-4-6-22-15(11)14(9-21)20-13;2*1-2/h2-9H,1H3;2H2,1H3;2H,1H3. The van der Waals surface area contributed by atoms with Gasteiger partial charge in [-0.1, -0.05) is 0 Å². The zero-order valence-electron chi connectivity index (χ0n) is 15.2. The maximum absolute atomic E-state index is 11.3. The number of fused-ring (bicyclic) bond motifs is 1. The molecule has 0 saturated heterocycles. The number of hydrogen-bond acceptors (Lipinski definition) is 8. The van der Waals surface area contributed by atoms with E-state index in [1.807, 2.05) is 31.2 Å². The average molecular weight is 401 g/mol. The highest BCUT2D eigenvalue weighted by molar-refractivity contribution is 7.79. The van der Waals surface area contributed by atoms with E-state index in [9.17, 15) is 4.79 Å². The fourth-order valence-electron chi connectivity index (χ4n) is 2.44. The summed E-state index contributed by atoms with van der Waals surface area (Å²) in [6.07, 6.45) is 7.48. The molecule has 4 heterocycles. The summed E-state index contributed by atoms with van der Waals surface area (Å²) < 4.78 is 5.32. The van der Waals surface area contributed by atoms with Crippen LogP contribution in [0.3, 0.4) is 0 Å². The number of aldehydes is 1. The van der Waals surface area contributed by atoms with Crippen molar-refractivity contribution in [3.63, 3.8) is 0 Å². The molecule has 27 heavy (non-hydrogen) atoms. The molecule has 0 fully saturated rings. The Morgan fingerprint density at radius 3 is 2.67 bits per heavy atom. The van der Waals surface area contributed by atoms with Crippen LogP contribution < -0.4 is 5.73 Å². The number of thiazole rings is 1. The molecule has 0 aromatic carbocycles. The molecule has 4 aromatic rings. The number of carbonyl (C=O) groups excluding carboxylic acids is 1. The number of rotatable bonds is 3. The largest absolute Gasteiger partial charge is 0.462 e. The predicted octanol–water partition coefficient (Wildman–Crippen LogP) is 4.26. The van der Waals surface area contributed by atoms with Crippen LogP contribution in [0.5, 0.6) is 0 Å². The number of carbonyl (C=O) groups is 1. The third-order valence-corrected chi connectivity index (χ3v) is 4.74. The summed E-state index contributed by atoms with van der Waals surface area (Å²) in [7, 11) is 1.50. The van der Waals surface area contributed by atoms with Crippen LogP contribution in [0, 0.1) is 6.92 Å². The normalized spacial score (nSPS) is 9.81. The van der Waals surface area contributed by atoms with Crippen molar-refractivity contribution < 1.29 is 9.21 Å². The van der Waals surface area contributed by atoms with Gasteiger partial charge in [-0.2, -0.15) is 12.6 Å². The summed E-state index contributed by atoms with van der Waals surface area (Å²) in [5.74, 6) is 0. The Morgan fingerprint density at radius 2 is 2.00 bits per heavy atom. The third kappa shape index (κ3) is 4.41. The fraction of sp³-hybridized carbons (Fsp3) is 0.158. The Bertz CT molecular complexity index is 1010. The Balaban J connectivity index is 0.000000614. The number of nitrogens with zero attached hydrogens (tertiary/aromatic N) is 3. The first-order valence-electron chi connectivity index (χ1n) is 8.00. The van der Waals surface area contributed by atoms with Crippen molar-refractivity contribution >= 4 is 41.2 Å². The lowest BCUT2D eigenvalue weighted by Crippen LogP contribution is -1.91. The quantitative estimate of drug-likeness (QED) is 0.394. The van der Waals surface area contributed by atoms with Crippen LogP contribution in [-0.4, -0.2) is 34.5 Å². The molecule has 0 amide bonds. The van der Waals surface area contributed by atoms with E-state index in [-0.39, 0.29) is 0 Å². The van der Waals surface area contributed by atoms with Gasteiger partial charge < -0.3 is 10.2 Å². The SMILES string of the molecule is CN.CS.Cc1nc(-c2cccnc2)sc1-c1cc2ccoc2c(C=O)n1. The third-order valence-electron chi connectivity index (χ3n) is 3.51. The van der Waals surface area contributed by atoms with E-state index < -0.39 is 0 Å². The molecule has 140 valence electrons. The van der Waals surface area contributed by atoms with Crippen molar-refractivity contribution in [3.8, 4) is 21.1 Å². The second kappa shape index (κ2) is 9.96. The lowest BCUT2D eigenvalue weighted by molar-refractivity contribution is 0.112. The van der Waals surface area contributed by atoms with Gasteiger partial charge in [0.1, 0.15) is 10.7 Å². The molecule has 4 rings (SSSR count). The van der Waals surface area contributed by atoms with Crippen LogP contribution in [0.2, 0.25) is 0 Å². The summed E-state index contributed by atoms with van der Waals surface area (Å²) in [6, 6.07) is 7.59. The van der Waals surface area contributed by atoms with Crippen molar-refractivity contribution in [3.05, 3.63) is 54.3 Å². The second-order valence-corrected chi connectivity index (χ2v) is 6.02. The minimum atomic E-state index is 0.304. The highest BCUT2D eigenvalue weighted by Crippen LogP contribution is 2.35. The van der Waals surface area contributed by atoms with Crippen molar-refractivity contribution in [1.29, 1.82) is 0 Å². The molecule has 0 radical (unpaired) electrons. The molecule has 6 nitrogen and oxygen atoms in total. The zero-order valence-corrected chi connectivity index (χ0v) is 16.9. The van der Waals surface area contributed by atoms with Crippen molar-refractivity contribution in [1.82, 2.24) is 15.0 Å². The molecule has 4 aromatic heterocycles. The fourth-order valence-corrected chi connectivity index (χ4v) is 3.46. The van der Waals surface area contributed by atoms with Gasteiger partial charge in [-0.3, -0.25) is 9.78 Å². The Hall–Kier alpha value is -2.55. The van der Waals surface area contributed by atoms with Crippen LogP contribution >= 0.6 is 24.0 Å². The van der Waals surface area contributed by atoms with E-state index in [2.05, 4.69) is 33.3 Å². The van der Waals surface area contributed by atoms with E-state index in [1.165, 1.54) is 18.4 Å². The monoisotopic (exact) mass is 400 g/mol. The second-order valence-electron chi connectivity index (χ2n) is 5.02. The van der Waals surface area contributed by atoms with Crippen molar-refractivity contribution in [2.75, 3.05) is 13.3 Å². The predicted molar refractivity (Wildman–Crippen MR) is 113 cm³/mol. The van der Waals surface area contributed by atoms with Crippen molar-refractivity contribution in [2.45, 2.75) is 6.92 Å². The van der Waals surface area contributed by atoms with Crippen LogP contribution in [0.1, 0.15) is 16.2 Å². The molecule has 2 N–H and O–H groups in total. The van der Waals surface area contributed by atoms with E-state index >= 15 is 0 Å².